The summed E-state index contributed by atoms with van der Waals surface area (Å²) >= 11 is 1.67. The van der Waals surface area contributed by atoms with E-state index in [0.29, 0.717) is 6.04 Å². The smallest absolute Gasteiger partial charge is 0.224 e. The molecule has 5 nitrogen and oxygen atoms in total. The fourth-order valence-electron chi connectivity index (χ4n) is 4.66. The number of nitrogens with zero attached hydrogens (tertiary/aromatic N) is 3. The molecule has 2 aliphatic heterocycles. The lowest BCUT2D eigenvalue weighted by molar-refractivity contribution is -0.127. The molecule has 1 aromatic carbocycles. The van der Waals surface area contributed by atoms with Gasteiger partial charge in [0, 0.05) is 44.1 Å². The molecule has 0 saturated carbocycles. The van der Waals surface area contributed by atoms with E-state index in [4.69, 9.17) is 0 Å². The second-order valence-corrected chi connectivity index (χ2v) is 9.07. The van der Waals surface area contributed by atoms with Crippen LogP contribution in [0.25, 0.3) is 0 Å². The van der Waals surface area contributed by atoms with E-state index in [9.17, 15) is 4.79 Å². The molecule has 0 spiro atoms. The Hall–Kier alpha value is -1.76. The summed E-state index contributed by atoms with van der Waals surface area (Å²) in [5, 5.41) is 5.33. The number of piperidine rings is 2. The number of aromatic nitrogens is 1. The van der Waals surface area contributed by atoms with Crippen molar-refractivity contribution in [2.75, 3.05) is 32.7 Å². The van der Waals surface area contributed by atoms with Crippen molar-refractivity contribution < 1.29 is 4.79 Å². The minimum absolute atomic E-state index is 0.146. The van der Waals surface area contributed by atoms with Crippen molar-refractivity contribution >= 4 is 17.2 Å². The average Bonchev–Trinajstić information content (AvgIpc) is 3.28. The van der Waals surface area contributed by atoms with Crippen molar-refractivity contribution in [3.05, 3.63) is 52.5 Å². The number of nitrogens with one attached hydrogen (secondary N) is 1. The second kappa shape index (κ2) is 10.3. The number of amides is 1. The molecule has 3 heterocycles. The van der Waals surface area contributed by atoms with Gasteiger partial charge in [-0.2, -0.15) is 0 Å². The second-order valence-electron chi connectivity index (χ2n) is 8.35. The average molecular weight is 413 g/mol. The number of hydrogen-bond acceptors (Lipinski definition) is 5. The van der Waals surface area contributed by atoms with Crippen LogP contribution in [0.4, 0.5) is 0 Å². The van der Waals surface area contributed by atoms with Crippen molar-refractivity contribution in [3.63, 3.8) is 0 Å². The maximum Gasteiger partial charge on any atom is 0.224 e. The molecule has 1 aromatic heterocycles. The molecule has 29 heavy (non-hydrogen) atoms. The number of carbonyl (C=O) groups is 1. The molecule has 1 unspecified atom stereocenters. The van der Waals surface area contributed by atoms with Crippen molar-refractivity contribution in [1.82, 2.24) is 20.1 Å². The fraction of sp³-hybridized carbons (Fsp3) is 0.565. The molecule has 156 valence electrons. The van der Waals surface area contributed by atoms with Crippen LogP contribution in [0.5, 0.6) is 0 Å². The molecule has 0 radical (unpaired) electrons. The maximum atomic E-state index is 12.7. The Morgan fingerprint density at radius 1 is 1.14 bits per heavy atom. The normalized spacial score (nSPS) is 21.9. The van der Waals surface area contributed by atoms with Crippen LogP contribution in [0.15, 0.2) is 41.2 Å². The first kappa shape index (κ1) is 20.5. The Balaban J connectivity index is 1.19. The number of likely N-dealkylation sites (tertiary alicyclic amines) is 2. The number of thiazole rings is 1. The van der Waals surface area contributed by atoms with Gasteiger partial charge in [0.2, 0.25) is 5.91 Å². The number of carbonyl (C=O) groups excluding carboxylic acids is 1. The van der Waals surface area contributed by atoms with Gasteiger partial charge in [0.15, 0.2) is 0 Å². The Morgan fingerprint density at radius 3 is 2.72 bits per heavy atom. The lowest BCUT2D eigenvalue weighted by Gasteiger charge is -2.42. The van der Waals surface area contributed by atoms with Gasteiger partial charge in [-0.25, -0.2) is 4.98 Å². The standard InChI is InChI=1S/C23H32N4OS/c28-23(24-11-8-19-5-2-1-3-6-19)20-7-4-12-27(15-20)22-9-13-26(14-10-22)16-21-17-29-18-25-21/h1-3,5-6,17-18,20,22H,4,7-16H2,(H,24,28). The zero-order chi connectivity index (χ0) is 19.9. The van der Waals surface area contributed by atoms with Crippen molar-refractivity contribution in [3.8, 4) is 0 Å². The SMILES string of the molecule is O=C(NCCc1ccccc1)C1CCCN(C2CCN(Cc3cscn3)CC2)C1. The highest BCUT2D eigenvalue weighted by Gasteiger charge is 2.31. The van der Waals surface area contributed by atoms with Crippen LogP contribution in [0.2, 0.25) is 0 Å². The Kier molecular flexibility index (Phi) is 7.30. The minimum atomic E-state index is 0.146. The molecule has 0 bridgehead atoms. The highest BCUT2D eigenvalue weighted by Crippen LogP contribution is 2.24. The minimum Gasteiger partial charge on any atom is -0.355 e. The van der Waals surface area contributed by atoms with E-state index in [2.05, 4.69) is 49.7 Å². The summed E-state index contributed by atoms with van der Waals surface area (Å²) in [7, 11) is 0. The van der Waals surface area contributed by atoms with Crippen LogP contribution in [-0.2, 0) is 17.8 Å². The van der Waals surface area contributed by atoms with E-state index < -0.39 is 0 Å². The quantitative estimate of drug-likeness (QED) is 0.759. The molecule has 6 heteroatoms. The molecule has 2 saturated heterocycles. The lowest BCUT2D eigenvalue weighted by atomic mass is 9.93. The van der Waals surface area contributed by atoms with Crippen LogP contribution in [0.3, 0.4) is 0 Å². The van der Waals surface area contributed by atoms with E-state index in [-0.39, 0.29) is 11.8 Å². The molecule has 1 N–H and O–H groups in total. The summed E-state index contributed by atoms with van der Waals surface area (Å²) in [5.74, 6) is 0.388. The summed E-state index contributed by atoms with van der Waals surface area (Å²) in [4.78, 5) is 22.2. The predicted molar refractivity (Wildman–Crippen MR) is 118 cm³/mol. The van der Waals surface area contributed by atoms with Gasteiger partial charge in [0.05, 0.1) is 17.1 Å². The van der Waals surface area contributed by atoms with Crippen molar-refractivity contribution in [1.29, 1.82) is 0 Å². The topological polar surface area (TPSA) is 48.5 Å². The van der Waals surface area contributed by atoms with Gasteiger partial charge in [0.1, 0.15) is 0 Å². The molecular formula is C23H32N4OS. The predicted octanol–water partition coefficient (Wildman–Crippen LogP) is 3.18. The van der Waals surface area contributed by atoms with Gasteiger partial charge >= 0.3 is 0 Å². The Labute approximate surface area is 178 Å². The third kappa shape index (κ3) is 5.87. The molecule has 2 aromatic rings. The van der Waals surface area contributed by atoms with Crippen molar-refractivity contribution in [2.45, 2.75) is 44.7 Å². The third-order valence-electron chi connectivity index (χ3n) is 6.32. The zero-order valence-electron chi connectivity index (χ0n) is 17.1. The molecule has 1 atom stereocenters. The third-order valence-corrected chi connectivity index (χ3v) is 6.96. The largest absolute Gasteiger partial charge is 0.355 e. The first-order valence-corrected chi connectivity index (χ1v) is 11.9. The van der Waals surface area contributed by atoms with Gasteiger partial charge in [-0.3, -0.25) is 14.6 Å². The first-order valence-electron chi connectivity index (χ1n) is 10.9. The lowest BCUT2D eigenvalue weighted by Crippen LogP contribution is -2.50. The van der Waals surface area contributed by atoms with E-state index in [1.54, 1.807) is 11.3 Å². The molecule has 0 aliphatic carbocycles. The van der Waals surface area contributed by atoms with Crippen LogP contribution < -0.4 is 5.32 Å². The van der Waals surface area contributed by atoms with Crippen molar-refractivity contribution in [2.24, 2.45) is 5.92 Å². The van der Waals surface area contributed by atoms with Gasteiger partial charge in [-0.15, -0.1) is 11.3 Å². The first-order chi connectivity index (χ1) is 14.3. The van der Waals surface area contributed by atoms with Crippen LogP contribution in [-0.4, -0.2) is 59.5 Å². The van der Waals surface area contributed by atoms with Crippen LogP contribution >= 0.6 is 11.3 Å². The highest BCUT2D eigenvalue weighted by atomic mass is 32.1. The van der Waals surface area contributed by atoms with Crippen LogP contribution in [0, 0.1) is 5.92 Å². The molecule has 2 aliphatic rings. The zero-order valence-corrected chi connectivity index (χ0v) is 17.9. The summed E-state index contributed by atoms with van der Waals surface area (Å²) < 4.78 is 0. The number of rotatable bonds is 7. The Morgan fingerprint density at radius 2 is 1.97 bits per heavy atom. The fourth-order valence-corrected chi connectivity index (χ4v) is 5.21. The maximum absolute atomic E-state index is 12.7. The number of benzene rings is 1. The van der Waals surface area contributed by atoms with Crippen LogP contribution in [0.1, 0.15) is 36.9 Å². The van der Waals surface area contributed by atoms with E-state index in [0.717, 1.165) is 58.5 Å². The van der Waals surface area contributed by atoms with Gasteiger partial charge in [0.25, 0.3) is 0 Å². The summed E-state index contributed by atoms with van der Waals surface area (Å²) in [6.07, 6.45) is 5.46. The number of hydrogen-bond donors (Lipinski definition) is 1. The summed E-state index contributed by atoms with van der Waals surface area (Å²) in [6.45, 7) is 6.04. The molecular weight excluding hydrogens is 380 g/mol. The molecule has 2 fully saturated rings. The van der Waals surface area contributed by atoms with E-state index >= 15 is 0 Å². The summed E-state index contributed by atoms with van der Waals surface area (Å²) in [6, 6.07) is 11.0. The molecule has 1 amide bonds. The van der Waals surface area contributed by atoms with E-state index in [1.807, 2.05) is 11.6 Å². The monoisotopic (exact) mass is 412 g/mol. The summed E-state index contributed by atoms with van der Waals surface area (Å²) in [5.41, 5.74) is 4.39. The van der Waals surface area contributed by atoms with E-state index in [1.165, 1.54) is 24.1 Å². The van der Waals surface area contributed by atoms with Gasteiger partial charge < -0.3 is 5.32 Å². The molecule has 4 rings (SSSR count). The highest BCUT2D eigenvalue weighted by molar-refractivity contribution is 7.07. The van der Waals surface area contributed by atoms with Gasteiger partial charge in [-0.1, -0.05) is 30.3 Å². The van der Waals surface area contributed by atoms with Gasteiger partial charge in [-0.05, 0) is 44.2 Å². The Bertz CT molecular complexity index is 744.